The van der Waals surface area contributed by atoms with Gasteiger partial charge in [0.25, 0.3) is 0 Å². The maximum absolute atomic E-state index is 13.2. The van der Waals surface area contributed by atoms with E-state index in [0.717, 1.165) is 5.69 Å². The maximum atomic E-state index is 13.2. The van der Waals surface area contributed by atoms with E-state index in [-0.39, 0.29) is 12.0 Å². The highest BCUT2D eigenvalue weighted by molar-refractivity contribution is 5.60. The number of hydrogen-bond donors (Lipinski definition) is 3. The van der Waals surface area contributed by atoms with Crippen LogP contribution in [0.15, 0.2) is 36.3 Å². The lowest BCUT2D eigenvalue weighted by Gasteiger charge is -2.23. The number of aromatic nitrogens is 5. The molecular weight excluding hydrogens is 411 g/mol. The molecular formula is C20H20F3N7O. The smallest absolute Gasteiger partial charge is 0.395 e. The summed E-state index contributed by atoms with van der Waals surface area (Å²) in [5.41, 5.74) is 2.59. The Hall–Kier alpha value is -3.47. The van der Waals surface area contributed by atoms with E-state index in [9.17, 15) is 13.2 Å². The van der Waals surface area contributed by atoms with E-state index in [1.165, 1.54) is 25.5 Å². The number of hydrogen-bond acceptors (Lipinski definition) is 7. The molecule has 0 aliphatic heterocycles. The van der Waals surface area contributed by atoms with Crippen LogP contribution in [0.4, 0.5) is 24.8 Å². The Morgan fingerprint density at radius 3 is 2.74 bits per heavy atom. The fourth-order valence-electron chi connectivity index (χ4n) is 3.28. The molecule has 1 unspecified atom stereocenters. The quantitative estimate of drug-likeness (QED) is 0.543. The molecule has 3 aromatic rings. The molecule has 3 N–H and O–H groups in total. The second-order valence-corrected chi connectivity index (χ2v) is 7.13. The lowest BCUT2D eigenvalue weighted by Crippen LogP contribution is -2.28. The molecule has 8 nitrogen and oxygen atoms in total. The van der Waals surface area contributed by atoms with E-state index in [2.05, 4.69) is 35.6 Å². The van der Waals surface area contributed by atoms with Crippen molar-refractivity contribution in [1.82, 2.24) is 30.2 Å². The van der Waals surface area contributed by atoms with Crippen molar-refractivity contribution in [3.8, 4) is 11.8 Å². The molecule has 0 amide bonds. The molecule has 0 aromatic carbocycles. The van der Waals surface area contributed by atoms with E-state index < -0.39 is 12.1 Å². The van der Waals surface area contributed by atoms with Crippen molar-refractivity contribution in [2.24, 2.45) is 5.92 Å². The van der Waals surface area contributed by atoms with Crippen molar-refractivity contribution in [3.63, 3.8) is 0 Å². The van der Waals surface area contributed by atoms with Crippen molar-refractivity contribution in [3.05, 3.63) is 53.4 Å². The van der Waals surface area contributed by atoms with Gasteiger partial charge >= 0.3 is 6.18 Å². The molecule has 4 rings (SSSR count). The summed E-state index contributed by atoms with van der Waals surface area (Å²) in [5.74, 6) is -0.444. The number of imidazole rings is 1. The minimum Gasteiger partial charge on any atom is -0.421 e. The van der Waals surface area contributed by atoms with Crippen LogP contribution in [0.2, 0.25) is 0 Å². The SMILES string of the molecule is CNCc1cc(Oc2ccc(Nc3nc4c([nH]3)CC(C(F)(F)F)C(C)=C4)cn2)ncn1. The van der Waals surface area contributed by atoms with Gasteiger partial charge < -0.3 is 20.4 Å². The molecule has 11 heteroatoms. The number of ether oxygens (including phenoxy) is 1. The van der Waals surface area contributed by atoms with Crippen molar-refractivity contribution in [2.75, 3.05) is 12.4 Å². The Bertz CT molecular complexity index is 1090. The summed E-state index contributed by atoms with van der Waals surface area (Å²) in [6.45, 7) is 2.06. The molecule has 1 aliphatic rings. The van der Waals surface area contributed by atoms with Crippen LogP contribution in [0, 0.1) is 5.92 Å². The molecule has 3 heterocycles. The average molecular weight is 431 g/mol. The van der Waals surface area contributed by atoms with Gasteiger partial charge in [-0.3, -0.25) is 0 Å². The van der Waals surface area contributed by atoms with Crippen molar-refractivity contribution in [1.29, 1.82) is 0 Å². The summed E-state index contributed by atoms with van der Waals surface area (Å²) >= 11 is 0. The first-order valence-corrected chi connectivity index (χ1v) is 9.52. The number of nitrogens with zero attached hydrogens (tertiary/aromatic N) is 4. The van der Waals surface area contributed by atoms with Gasteiger partial charge in [-0.2, -0.15) is 13.2 Å². The van der Waals surface area contributed by atoms with Crippen molar-refractivity contribution < 1.29 is 17.9 Å². The van der Waals surface area contributed by atoms with Gasteiger partial charge in [0, 0.05) is 30.8 Å². The zero-order chi connectivity index (χ0) is 22.0. The molecule has 1 atom stereocenters. The molecule has 3 aromatic heterocycles. The normalized spacial score (nSPS) is 15.9. The van der Waals surface area contributed by atoms with Crippen LogP contribution in [0.5, 0.6) is 11.8 Å². The predicted octanol–water partition coefficient (Wildman–Crippen LogP) is 3.99. The second-order valence-electron chi connectivity index (χ2n) is 7.13. The fourth-order valence-corrected chi connectivity index (χ4v) is 3.28. The Morgan fingerprint density at radius 2 is 2.03 bits per heavy atom. The molecule has 31 heavy (non-hydrogen) atoms. The largest absolute Gasteiger partial charge is 0.421 e. The van der Waals surface area contributed by atoms with Gasteiger partial charge in [0.1, 0.15) is 6.33 Å². The van der Waals surface area contributed by atoms with Gasteiger partial charge in [-0.25, -0.2) is 19.9 Å². The third-order valence-electron chi connectivity index (χ3n) is 4.79. The van der Waals surface area contributed by atoms with Crippen LogP contribution in [-0.2, 0) is 13.0 Å². The summed E-state index contributed by atoms with van der Waals surface area (Å²) in [6, 6.07) is 5.08. The molecule has 1 aliphatic carbocycles. The van der Waals surface area contributed by atoms with E-state index >= 15 is 0 Å². The first-order valence-electron chi connectivity index (χ1n) is 9.52. The standard InChI is InChI=1S/C20H20F3N7O/c1-11-5-15-16(7-14(11)20(21,22)23)30-19(29-15)28-12-3-4-17(25-9-12)31-18-6-13(8-24-2)26-10-27-18/h3-6,9-10,14,24H,7-8H2,1-2H3,(H2,28,29,30). The number of alkyl halides is 3. The highest BCUT2D eigenvalue weighted by Gasteiger charge is 2.42. The van der Waals surface area contributed by atoms with E-state index in [4.69, 9.17) is 4.74 Å². The number of halogens is 3. The number of aromatic amines is 1. The highest BCUT2D eigenvalue weighted by Crippen LogP contribution is 2.39. The van der Waals surface area contributed by atoms with Gasteiger partial charge in [0.2, 0.25) is 17.7 Å². The first kappa shape index (κ1) is 20.8. The van der Waals surface area contributed by atoms with E-state index in [1.54, 1.807) is 18.2 Å². The number of fused-ring (bicyclic) bond motifs is 1. The summed E-state index contributed by atoms with van der Waals surface area (Å²) in [4.78, 5) is 19.7. The summed E-state index contributed by atoms with van der Waals surface area (Å²) in [6.07, 6.45) is -0.0241. The minimum absolute atomic E-state index is 0.157. The van der Waals surface area contributed by atoms with Gasteiger partial charge in [-0.05, 0) is 26.1 Å². The van der Waals surface area contributed by atoms with Gasteiger partial charge in [-0.15, -0.1) is 0 Å². The number of H-pyrrole nitrogens is 1. The molecule has 0 spiro atoms. The molecule has 0 fully saturated rings. The summed E-state index contributed by atoms with van der Waals surface area (Å²) in [7, 11) is 1.82. The molecule has 0 saturated carbocycles. The Balaban J connectivity index is 1.43. The molecule has 0 radical (unpaired) electrons. The van der Waals surface area contributed by atoms with Crippen LogP contribution in [0.25, 0.3) is 6.08 Å². The zero-order valence-corrected chi connectivity index (χ0v) is 16.8. The number of nitrogens with one attached hydrogen (secondary N) is 3. The van der Waals surface area contributed by atoms with Crippen molar-refractivity contribution in [2.45, 2.75) is 26.1 Å². The van der Waals surface area contributed by atoms with Crippen LogP contribution < -0.4 is 15.4 Å². The molecule has 0 saturated heterocycles. The topological polar surface area (TPSA) is 101 Å². The third-order valence-corrected chi connectivity index (χ3v) is 4.79. The van der Waals surface area contributed by atoms with Gasteiger partial charge in [-0.1, -0.05) is 5.57 Å². The highest BCUT2D eigenvalue weighted by atomic mass is 19.4. The summed E-state index contributed by atoms with van der Waals surface area (Å²) < 4.78 is 45.2. The second kappa shape index (κ2) is 8.34. The number of allylic oxidation sites excluding steroid dienone is 1. The fraction of sp³-hybridized carbons (Fsp3) is 0.300. The third kappa shape index (κ3) is 4.82. The first-order chi connectivity index (χ1) is 14.8. The monoisotopic (exact) mass is 431 g/mol. The molecule has 162 valence electrons. The van der Waals surface area contributed by atoms with Crippen molar-refractivity contribution >= 4 is 17.7 Å². The van der Waals surface area contributed by atoms with Crippen LogP contribution >= 0.6 is 0 Å². The average Bonchev–Trinajstić information content (AvgIpc) is 3.10. The lowest BCUT2D eigenvalue weighted by molar-refractivity contribution is -0.163. The number of rotatable bonds is 6. The lowest BCUT2D eigenvalue weighted by atomic mass is 9.89. The van der Waals surface area contributed by atoms with E-state index in [0.29, 0.717) is 41.3 Å². The maximum Gasteiger partial charge on any atom is 0.395 e. The van der Waals surface area contributed by atoms with Gasteiger partial charge in [0.05, 0.1) is 29.2 Å². The Kier molecular flexibility index (Phi) is 5.59. The zero-order valence-electron chi connectivity index (χ0n) is 16.8. The number of pyridine rings is 1. The minimum atomic E-state index is -4.28. The molecule has 0 bridgehead atoms. The van der Waals surface area contributed by atoms with Crippen LogP contribution in [0.1, 0.15) is 24.0 Å². The van der Waals surface area contributed by atoms with Crippen LogP contribution in [0.3, 0.4) is 0 Å². The van der Waals surface area contributed by atoms with Crippen LogP contribution in [-0.4, -0.2) is 38.1 Å². The Labute approximate surface area is 176 Å². The predicted molar refractivity (Wildman–Crippen MR) is 108 cm³/mol. The Morgan fingerprint density at radius 1 is 1.19 bits per heavy atom. The summed E-state index contributed by atoms with van der Waals surface area (Å²) in [5, 5.41) is 6.02. The van der Waals surface area contributed by atoms with E-state index in [1.807, 2.05) is 7.05 Å². The van der Waals surface area contributed by atoms with Gasteiger partial charge in [0.15, 0.2) is 0 Å². The number of anilines is 2.